The van der Waals surface area contributed by atoms with E-state index >= 15 is 0 Å². The lowest BCUT2D eigenvalue weighted by molar-refractivity contribution is -0.132. The molecule has 1 unspecified atom stereocenters. The predicted molar refractivity (Wildman–Crippen MR) is 57.0 cm³/mol. The third-order valence-corrected chi connectivity index (χ3v) is 3.69. The molecule has 1 aliphatic rings. The molecule has 6 nitrogen and oxygen atoms in total. The van der Waals surface area contributed by atoms with Gasteiger partial charge in [0.2, 0.25) is 5.91 Å². The molecule has 86 valence electrons. The minimum absolute atomic E-state index is 0.0910. The van der Waals surface area contributed by atoms with Crippen LogP contribution in [0.5, 0.6) is 0 Å². The Bertz CT molecular complexity index is 296. The summed E-state index contributed by atoms with van der Waals surface area (Å²) in [6.45, 7) is 2.55. The van der Waals surface area contributed by atoms with Gasteiger partial charge in [0, 0.05) is 35.4 Å². The Morgan fingerprint density at radius 3 is 2.53 bits per heavy atom. The van der Waals surface area contributed by atoms with Gasteiger partial charge in [-0.05, 0) is 6.92 Å². The maximum absolute atomic E-state index is 11.8. The first-order valence-electron chi connectivity index (χ1n) is 4.67. The highest BCUT2D eigenvalue weighted by Crippen LogP contribution is 2.07. The van der Waals surface area contributed by atoms with E-state index in [1.807, 2.05) is 0 Å². The summed E-state index contributed by atoms with van der Waals surface area (Å²) in [5.41, 5.74) is 5.34. The van der Waals surface area contributed by atoms with E-state index in [-0.39, 0.29) is 11.7 Å². The second-order valence-electron chi connectivity index (χ2n) is 3.42. The molecular weight excluding hydrogens is 218 g/mol. The highest BCUT2D eigenvalue weighted by molar-refractivity contribution is 7.85. The Kier molecular flexibility index (Phi) is 4.07. The summed E-state index contributed by atoms with van der Waals surface area (Å²) in [6, 6.07) is 0. The van der Waals surface area contributed by atoms with Crippen LogP contribution >= 0.6 is 0 Å². The average molecular weight is 233 g/mol. The number of amides is 1. The molecular formula is C8H15N3O3S. The third kappa shape index (κ3) is 2.92. The molecule has 3 N–H and O–H groups in total. The summed E-state index contributed by atoms with van der Waals surface area (Å²) in [5, 5.41) is 11.2. The van der Waals surface area contributed by atoms with Crippen LogP contribution in [-0.4, -0.2) is 50.7 Å². The molecule has 1 aliphatic heterocycles. The van der Waals surface area contributed by atoms with E-state index in [0.717, 1.165) is 0 Å². The lowest BCUT2D eigenvalue weighted by atomic mass is 10.1. The number of carbonyl (C=O) groups is 1. The van der Waals surface area contributed by atoms with Crippen molar-refractivity contribution in [3.63, 3.8) is 0 Å². The van der Waals surface area contributed by atoms with Crippen molar-refractivity contribution in [2.75, 3.05) is 24.6 Å². The van der Waals surface area contributed by atoms with Crippen molar-refractivity contribution < 1.29 is 14.2 Å². The van der Waals surface area contributed by atoms with Crippen LogP contribution in [0.2, 0.25) is 0 Å². The first kappa shape index (κ1) is 12.0. The first-order valence-corrected chi connectivity index (χ1v) is 6.16. The van der Waals surface area contributed by atoms with Gasteiger partial charge in [-0.15, -0.1) is 0 Å². The first-order chi connectivity index (χ1) is 7.06. The Balaban J connectivity index is 2.57. The van der Waals surface area contributed by atoms with Gasteiger partial charge in [0.1, 0.15) is 0 Å². The topological polar surface area (TPSA) is 96.0 Å². The fourth-order valence-electron chi connectivity index (χ4n) is 1.35. The fourth-order valence-corrected chi connectivity index (χ4v) is 2.40. The van der Waals surface area contributed by atoms with Crippen LogP contribution in [0.4, 0.5) is 0 Å². The monoisotopic (exact) mass is 233 g/mol. The van der Waals surface area contributed by atoms with Gasteiger partial charge >= 0.3 is 0 Å². The van der Waals surface area contributed by atoms with Crippen LogP contribution in [0, 0.1) is 5.92 Å². The van der Waals surface area contributed by atoms with Gasteiger partial charge in [0.25, 0.3) is 0 Å². The van der Waals surface area contributed by atoms with E-state index in [2.05, 4.69) is 5.16 Å². The van der Waals surface area contributed by atoms with Crippen LogP contribution in [0.1, 0.15) is 6.92 Å². The molecule has 0 aromatic rings. The Morgan fingerprint density at radius 1 is 1.53 bits per heavy atom. The van der Waals surface area contributed by atoms with E-state index in [4.69, 9.17) is 10.9 Å². The molecule has 1 rings (SSSR count). The molecule has 0 aliphatic carbocycles. The Hall–Kier alpha value is -1.11. The smallest absolute Gasteiger partial charge is 0.233 e. The second-order valence-corrected chi connectivity index (χ2v) is 5.12. The minimum atomic E-state index is -0.808. The zero-order chi connectivity index (χ0) is 11.4. The van der Waals surface area contributed by atoms with Gasteiger partial charge in [0.15, 0.2) is 5.84 Å². The summed E-state index contributed by atoms with van der Waals surface area (Å²) in [6.07, 6.45) is 0. The number of oxime groups is 1. The molecule has 0 radical (unpaired) electrons. The number of hydrogen-bond donors (Lipinski definition) is 2. The number of hydrogen-bond acceptors (Lipinski definition) is 4. The van der Waals surface area contributed by atoms with Crippen molar-refractivity contribution in [3.8, 4) is 0 Å². The van der Waals surface area contributed by atoms with E-state index in [0.29, 0.717) is 24.6 Å². The summed E-state index contributed by atoms with van der Waals surface area (Å²) in [4.78, 5) is 13.4. The maximum atomic E-state index is 11.8. The number of nitrogens with two attached hydrogens (primary N) is 1. The molecule has 1 fully saturated rings. The summed E-state index contributed by atoms with van der Waals surface area (Å²) >= 11 is 0. The van der Waals surface area contributed by atoms with Crippen LogP contribution in [0.25, 0.3) is 0 Å². The lowest BCUT2D eigenvalue weighted by Gasteiger charge is -2.28. The van der Waals surface area contributed by atoms with E-state index in [1.165, 1.54) is 0 Å². The normalized spacial score (nSPS) is 21.4. The lowest BCUT2D eigenvalue weighted by Crippen LogP contribution is -2.46. The molecule has 1 heterocycles. The van der Waals surface area contributed by atoms with Gasteiger partial charge in [-0.25, -0.2) is 0 Å². The molecule has 15 heavy (non-hydrogen) atoms. The maximum Gasteiger partial charge on any atom is 0.233 e. The summed E-state index contributed by atoms with van der Waals surface area (Å²) in [7, 11) is -0.808. The molecule has 1 atom stereocenters. The van der Waals surface area contributed by atoms with Crippen molar-refractivity contribution in [2.24, 2.45) is 16.8 Å². The zero-order valence-electron chi connectivity index (χ0n) is 8.55. The van der Waals surface area contributed by atoms with Crippen molar-refractivity contribution >= 4 is 22.5 Å². The SMILES string of the molecule is CC(C(=O)N1CCS(=O)CC1)C(N)=NO. The molecule has 0 saturated carbocycles. The summed E-state index contributed by atoms with van der Waals surface area (Å²) < 4.78 is 11.1. The van der Waals surface area contributed by atoms with Crippen molar-refractivity contribution in [3.05, 3.63) is 0 Å². The Labute approximate surface area is 90.6 Å². The molecule has 7 heteroatoms. The van der Waals surface area contributed by atoms with Gasteiger partial charge < -0.3 is 15.8 Å². The number of nitrogens with zero attached hydrogens (tertiary/aromatic N) is 2. The van der Waals surface area contributed by atoms with E-state index < -0.39 is 16.7 Å². The molecule has 0 bridgehead atoms. The largest absolute Gasteiger partial charge is 0.409 e. The van der Waals surface area contributed by atoms with Gasteiger partial charge in [-0.3, -0.25) is 9.00 Å². The highest BCUT2D eigenvalue weighted by atomic mass is 32.2. The molecule has 1 amide bonds. The van der Waals surface area contributed by atoms with E-state index in [1.54, 1.807) is 11.8 Å². The molecule has 1 saturated heterocycles. The quantitative estimate of drug-likeness (QED) is 0.275. The predicted octanol–water partition coefficient (Wildman–Crippen LogP) is -1.04. The van der Waals surface area contributed by atoms with Crippen molar-refractivity contribution in [1.29, 1.82) is 0 Å². The average Bonchev–Trinajstić information content (AvgIpc) is 2.27. The van der Waals surface area contributed by atoms with Gasteiger partial charge in [-0.2, -0.15) is 0 Å². The zero-order valence-corrected chi connectivity index (χ0v) is 9.37. The van der Waals surface area contributed by atoms with Crippen molar-refractivity contribution in [1.82, 2.24) is 4.90 Å². The number of rotatable bonds is 2. The van der Waals surface area contributed by atoms with Crippen LogP contribution in [0.3, 0.4) is 0 Å². The van der Waals surface area contributed by atoms with Gasteiger partial charge in [0.05, 0.1) is 5.92 Å². The van der Waals surface area contributed by atoms with Crippen LogP contribution < -0.4 is 5.73 Å². The van der Waals surface area contributed by atoms with Crippen LogP contribution in [-0.2, 0) is 15.6 Å². The third-order valence-electron chi connectivity index (χ3n) is 2.42. The Morgan fingerprint density at radius 2 is 2.07 bits per heavy atom. The molecule has 0 aromatic heterocycles. The van der Waals surface area contributed by atoms with Crippen molar-refractivity contribution in [2.45, 2.75) is 6.92 Å². The molecule has 0 aromatic carbocycles. The fraction of sp³-hybridized carbons (Fsp3) is 0.750. The number of carbonyl (C=O) groups excluding carboxylic acids is 1. The second kappa shape index (κ2) is 5.11. The van der Waals surface area contributed by atoms with E-state index in [9.17, 15) is 9.00 Å². The highest BCUT2D eigenvalue weighted by Gasteiger charge is 2.26. The molecule has 0 spiro atoms. The number of amidine groups is 1. The van der Waals surface area contributed by atoms with Crippen LogP contribution in [0.15, 0.2) is 5.16 Å². The standard InChI is InChI=1S/C8H15N3O3S/c1-6(7(9)10-13)8(12)11-2-4-15(14)5-3-11/h6,13H,2-5H2,1H3,(H2,9,10). The van der Waals surface area contributed by atoms with Gasteiger partial charge in [-0.1, -0.05) is 5.16 Å². The minimum Gasteiger partial charge on any atom is -0.409 e. The summed E-state index contributed by atoms with van der Waals surface area (Å²) in [5.74, 6) is 0.124.